The van der Waals surface area contributed by atoms with E-state index in [1.807, 2.05) is 21.0 Å². The molecule has 3 aliphatic heterocycles. The second-order valence-corrected chi connectivity index (χ2v) is 15.9. The van der Waals surface area contributed by atoms with Crippen LogP contribution in [0.5, 0.6) is 11.5 Å². The molecule has 2 aliphatic carbocycles. The summed E-state index contributed by atoms with van der Waals surface area (Å²) in [7, 11) is 3.93. The van der Waals surface area contributed by atoms with E-state index in [0.717, 1.165) is 4.90 Å². The number of Topliss-reactive ketones (excluding diaryl/α,β-unsaturated/α-hetero) is 1. The van der Waals surface area contributed by atoms with Crippen LogP contribution in [0, 0.1) is 0 Å². The molecular formula is C40H52NO14+. The number of quaternary nitrogens is 1. The fourth-order valence-electron chi connectivity index (χ4n) is 8.87. The van der Waals surface area contributed by atoms with Crippen molar-refractivity contribution < 1.29 is 73.2 Å². The number of aliphatic hydroxyl groups is 3. The average molecular weight is 771 g/mol. The van der Waals surface area contributed by atoms with E-state index in [1.54, 1.807) is 20.8 Å². The molecule has 0 radical (unpaired) electrons. The number of phenolic OH excluding ortho intramolecular Hbond substituents is 2. The Morgan fingerprint density at radius 3 is 2.18 bits per heavy atom. The molecule has 15 nitrogen and oxygen atoms in total. The highest BCUT2D eigenvalue weighted by molar-refractivity contribution is 6.30. The first-order chi connectivity index (χ1) is 26.0. The third kappa shape index (κ3) is 7.13. The number of phenols is 2. The van der Waals surface area contributed by atoms with E-state index in [1.165, 1.54) is 24.3 Å². The molecule has 6 N–H and O–H groups in total. The van der Waals surface area contributed by atoms with Gasteiger partial charge in [-0.15, -0.1) is 0 Å². The summed E-state index contributed by atoms with van der Waals surface area (Å²) in [5.74, 6) is -2.31. The van der Waals surface area contributed by atoms with Crippen molar-refractivity contribution in [3.63, 3.8) is 0 Å². The van der Waals surface area contributed by atoms with Crippen molar-refractivity contribution in [3.05, 3.63) is 57.6 Å². The van der Waals surface area contributed by atoms with Crippen LogP contribution < -0.4 is 4.90 Å². The zero-order valence-corrected chi connectivity index (χ0v) is 31.9. The second kappa shape index (κ2) is 15.2. The Bertz CT molecular complexity index is 1820. The molecule has 13 atom stereocenters. The maximum Gasteiger partial charge on any atom is 0.201 e. The van der Waals surface area contributed by atoms with Crippen molar-refractivity contribution in [1.82, 2.24) is 0 Å². The third-order valence-corrected chi connectivity index (χ3v) is 12.1. The molecule has 3 heterocycles. The first-order valence-electron chi connectivity index (χ1n) is 19.2. The monoisotopic (exact) mass is 770 g/mol. The number of ether oxygens (including phenoxy) is 6. The number of benzene rings is 2. The zero-order valence-electron chi connectivity index (χ0n) is 31.9. The quantitative estimate of drug-likeness (QED) is 0.192. The summed E-state index contributed by atoms with van der Waals surface area (Å²) in [5, 5.41) is 56.6. The largest absolute Gasteiger partial charge is 0.507 e. The van der Waals surface area contributed by atoms with Gasteiger partial charge in [-0.25, -0.2) is 0 Å². The molecule has 0 aromatic heterocycles. The van der Waals surface area contributed by atoms with E-state index < -0.39 is 96.4 Å². The minimum Gasteiger partial charge on any atom is -0.507 e. The number of aromatic hydroxyl groups is 2. The van der Waals surface area contributed by atoms with Crippen molar-refractivity contribution in [2.24, 2.45) is 0 Å². The number of aliphatic hydroxyl groups excluding tert-OH is 2. The van der Waals surface area contributed by atoms with Gasteiger partial charge in [-0.05, 0) is 44.9 Å². The normalized spacial score (nSPS) is 37.7. The Hall–Kier alpha value is -3.35. The van der Waals surface area contributed by atoms with Crippen molar-refractivity contribution in [3.8, 4) is 11.5 Å². The highest BCUT2D eigenvalue weighted by atomic mass is 16.7. The van der Waals surface area contributed by atoms with Gasteiger partial charge in [0.15, 0.2) is 30.4 Å². The molecule has 7 rings (SSSR count). The summed E-state index contributed by atoms with van der Waals surface area (Å²) in [4.78, 5) is 40.3. The van der Waals surface area contributed by atoms with E-state index in [9.17, 15) is 39.9 Å². The first kappa shape index (κ1) is 39.9. The van der Waals surface area contributed by atoms with Crippen LogP contribution in [0.1, 0.15) is 121 Å². The Morgan fingerprint density at radius 2 is 1.53 bits per heavy atom. The third-order valence-electron chi connectivity index (χ3n) is 12.1. The fraction of sp³-hybridized carbons (Fsp3) is 0.625. The van der Waals surface area contributed by atoms with E-state index in [-0.39, 0.29) is 64.5 Å². The standard InChI is InChI=1S/C40H51NO14/c1-7-40(49)16-27(32-22(39(40)48)13-21-33(36(32)47)35(46)31-20(34(21)45)9-8-10-25(31)43)53-29-14-23(41(5)6)37(18(3)51-29)55-30-15-26(44)38(19(4)52-30)54-28-12-11-24(42)17(2)50-28/h8-10,13,17-19,23,26-30,37-39,43-44,47-49H,7,11-12,14-16H2,1-6H3/p+1/t17-,18-,19-,23-,26-,27-,28-,29-,30-,37+,38+,39?,40+/m0/s1. The maximum absolute atomic E-state index is 13.8. The summed E-state index contributed by atoms with van der Waals surface area (Å²) in [5.41, 5.74) is -2.30. The summed E-state index contributed by atoms with van der Waals surface area (Å²) in [6.45, 7) is 7.00. The molecule has 3 fully saturated rings. The average Bonchev–Trinajstić information content (AvgIpc) is 3.13. The number of hydrogen-bond acceptors (Lipinski definition) is 14. The van der Waals surface area contributed by atoms with E-state index >= 15 is 0 Å². The molecule has 55 heavy (non-hydrogen) atoms. The molecule has 1 unspecified atom stereocenters. The SMILES string of the molecule is CC[C@@]1(O)C[C@H](O[C@H]2C[C@H]([NH+](C)C)[C@H](O[C@H]3C[C@H](O)[C@H](O[C@H]4CCC(=O)[C@H](C)O4)[C@H](C)O3)[C@H](C)O2)c2c(cc3c(c2O)C(=O)c2c(O)cccc2C3=O)C1O. The first-order valence-corrected chi connectivity index (χ1v) is 19.2. The van der Waals surface area contributed by atoms with Gasteiger partial charge in [-0.1, -0.05) is 19.1 Å². The van der Waals surface area contributed by atoms with Gasteiger partial charge in [0.25, 0.3) is 0 Å². The van der Waals surface area contributed by atoms with Crippen LogP contribution in [0.25, 0.3) is 0 Å². The Kier molecular flexibility index (Phi) is 11.0. The fourth-order valence-corrected chi connectivity index (χ4v) is 8.87. The van der Waals surface area contributed by atoms with Gasteiger partial charge in [-0.2, -0.15) is 0 Å². The number of carbonyl (C=O) groups is 3. The van der Waals surface area contributed by atoms with Gasteiger partial charge in [0, 0.05) is 42.4 Å². The molecule has 300 valence electrons. The lowest BCUT2D eigenvalue weighted by atomic mass is 9.71. The molecule has 5 aliphatic rings. The lowest BCUT2D eigenvalue weighted by Gasteiger charge is -2.47. The van der Waals surface area contributed by atoms with Crippen LogP contribution in [0.15, 0.2) is 24.3 Å². The van der Waals surface area contributed by atoms with Crippen LogP contribution >= 0.6 is 0 Å². The van der Waals surface area contributed by atoms with Crippen LogP contribution in [-0.2, 0) is 33.2 Å². The minimum absolute atomic E-state index is 0.0138. The minimum atomic E-state index is -1.70. The predicted octanol–water partition coefficient (Wildman–Crippen LogP) is 1.52. The molecule has 2 aromatic rings. The van der Waals surface area contributed by atoms with Crippen molar-refractivity contribution in [2.45, 2.75) is 146 Å². The van der Waals surface area contributed by atoms with Crippen LogP contribution in [0.3, 0.4) is 0 Å². The van der Waals surface area contributed by atoms with Crippen LogP contribution in [0.2, 0.25) is 0 Å². The number of nitrogens with one attached hydrogen (secondary N) is 1. The molecule has 3 saturated heterocycles. The summed E-state index contributed by atoms with van der Waals surface area (Å²) in [6.07, 6.45) is -7.58. The summed E-state index contributed by atoms with van der Waals surface area (Å²) in [6, 6.07) is 5.25. The van der Waals surface area contributed by atoms with Gasteiger partial charge < -0.3 is 58.9 Å². The maximum atomic E-state index is 13.8. The predicted molar refractivity (Wildman–Crippen MR) is 191 cm³/mol. The topological polar surface area (TPSA) is 212 Å². The van der Waals surface area contributed by atoms with Gasteiger partial charge in [0.05, 0.1) is 61.7 Å². The van der Waals surface area contributed by atoms with Crippen molar-refractivity contribution >= 4 is 17.3 Å². The molecule has 0 amide bonds. The van der Waals surface area contributed by atoms with Crippen LogP contribution in [-0.4, -0.2) is 124 Å². The van der Waals surface area contributed by atoms with E-state index in [2.05, 4.69) is 0 Å². The highest BCUT2D eigenvalue weighted by Crippen LogP contribution is 2.52. The van der Waals surface area contributed by atoms with E-state index in [0.29, 0.717) is 19.3 Å². The molecule has 15 heteroatoms. The zero-order chi connectivity index (χ0) is 39.7. The lowest BCUT2D eigenvalue weighted by molar-refractivity contribution is -0.894. The number of likely N-dealkylation sites (N-methyl/N-ethyl adjacent to an activating group) is 1. The number of rotatable bonds is 8. The number of fused-ring (bicyclic) bond motifs is 3. The molecule has 0 saturated carbocycles. The number of hydrogen-bond donors (Lipinski definition) is 6. The molecule has 0 bridgehead atoms. The molecule has 0 spiro atoms. The van der Waals surface area contributed by atoms with Crippen LogP contribution in [0.4, 0.5) is 0 Å². The Labute approximate surface area is 319 Å². The van der Waals surface area contributed by atoms with Gasteiger partial charge >= 0.3 is 0 Å². The molecule has 2 aromatic carbocycles. The van der Waals surface area contributed by atoms with Gasteiger partial charge in [0.1, 0.15) is 42.0 Å². The van der Waals surface area contributed by atoms with E-state index in [4.69, 9.17) is 28.4 Å². The summed E-state index contributed by atoms with van der Waals surface area (Å²) >= 11 is 0. The Morgan fingerprint density at radius 1 is 0.855 bits per heavy atom. The number of carbonyl (C=O) groups excluding carboxylic acids is 3. The Balaban J connectivity index is 1.10. The van der Waals surface area contributed by atoms with Gasteiger partial charge in [-0.3, -0.25) is 14.4 Å². The molecular weight excluding hydrogens is 718 g/mol. The van der Waals surface area contributed by atoms with Crippen molar-refractivity contribution in [2.75, 3.05) is 14.1 Å². The van der Waals surface area contributed by atoms with Gasteiger partial charge in [0.2, 0.25) is 5.78 Å². The smallest absolute Gasteiger partial charge is 0.201 e. The number of ketones is 3. The summed E-state index contributed by atoms with van der Waals surface area (Å²) < 4.78 is 37.4. The lowest BCUT2D eigenvalue weighted by Crippen LogP contribution is -3.12. The second-order valence-electron chi connectivity index (χ2n) is 15.9. The van der Waals surface area contributed by atoms with Crippen molar-refractivity contribution in [1.29, 1.82) is 0 Å². The highest BCUT2D eigenvalue weighted by Gasteiger charge is 2.51.